The van der Waals surface area contributed by atoms with Gasteiger partial charge in [-0.25, -0.2) is 0 Å². The predicted molar refractivity (Wildman–Crippen MR) is 139 cm³/mol. The molecule has 3 heterocycles. The van der Waals surface area contributed by atoms with Gasteiger partial charge in [-0.05, 0) is 12.1 Å². The Morgan fingerprint density at radius 2 is 1.63 bits per heavy atom. The third-order valence-corrected chi connectivity index (χ3v) is 6.91. The molecule has 2 aliphatic rings. The van der Waals surface area contributed by atoms with E-state index < -0.39 is 0 Å². The Morgan fingerprint density at radius 3 is 2.34 bits per heavy atom. The van der Waals surface area contributed by atoms with E-state index in [-0.39, 0.29) is 5.91 Å². The number of piperazine rings is 2. The number of anilines is 2. The third kappa shape index (κ3) is 4.79. The van der Waals surface area contributed by atoms with Crippen LogP contribution in [-0.4, -0.2) is 91.9 Å². The van der Waals surface area contributed by atoms with Gasteiger partial charge in [0.25, 0.3) is 5.91 Å². The molecule has 0 spiro atoms. The minimum atomic E-state index is -0.0404. The second-order valence-electron chi connectivity index (χ2n) is 8.97. The highest BCUT2D eigenvalue weighted by Gasteiger charge is 2.27. The van der Waals surface area contributed by atoms with Gasteiger partial charge in [0.1, 0.15) is 5.75 Å². The molecule has 2 aliphatic heterocycles. The molecule has 5 rings (SSSR count). The molecule has 3 aromatic rings. The number of benzene rings is 2. The largest absolute Gasteiger partial charge is 0.497 e. The van der Waals surface area contributed by atoms with Gasteiger partial charge >= 0.3 is 0 Å². The summed E-state index contributed by atoms with van der Waals surface area (Å²) in [5.41, 5.74) is 1.60. The fraction of sp³-hybridized carbons (Fsp3) is 0.370. The molecule has 0 saturated carbocycles. The molecule has 0 radical (unpaired) electrons. The van der Waals surface area contributed by atoms with Crippen LogP contribution in [0, 0.1) is 0 Å². The number of carbonyl (C=O) groups excluding carboxylic acids is 1. The number of carbonyl (C=O) groups is 1. The highest BCUT2D eigenvalue weighted by Crippen LogP contribution is 2.29. The summed E-state index contributed by atoms with van der Waals surface area (Å²) in [4.78, 5) is 22.2. The lowest BCUT2D eigenvalue weighted by Gasteiger charge is -2.37. The Morgan fingerprint density at radius 1 is 0.914 bits per heavy atom. The van der Waals surface area contributed by atoms with E-state index in [0.717, 1.165) is 73.8 Å². The molecule has 2 fully saturated rings. The first-order valence-electron chi connectivity index (χ1n) is 12.2. The number of rotatable bonds is 6. The first-order chi connectivity index (χ1) is 17.2. The van der Waals surface area contributed by atoms with Crippen molar-refractivity contribution in [2.45, 2.75) is 0 Å². The van der Waals surface area contributed by atoms with Crippen LogP contribution in [0.2, 0.25) is 0 Å². The van der Waals surface area contributed by atoms with Crippen molar-refractivity contribution >= 4 is 28.2 Å². The van der Waals surface area contributed by atoms with Crippen LogP contribution in [-0.2, 0) is 0 Å². The van der Waals surface area contributed by atoms with E-state index in [1.54, 1.807) is 7.11 Å². The molecular weight excluding hydrogens is 440 g/mol. The SMILES string of the molecule is C=CCN1CCN(C(=O)c2nnc(N3CCN(c4cccc(OC)c4)CC3)c3ccccc23)CC1. The predicted octanol–water partition coefficient (Wildman–Crippen LogP) is 2.91. The summed E-state index contributed by atoms with van der Waals surface area (Å²) >= 11 is 0. The Bertz CT molecular complexity index is 1200. The molecule has 0 aliphatic carbocycles. The molecule has 182 valence electrons. The maximum Gasteiger partial charge on any atom is 0.275 e. The topological polar surface area (TPSA) is 65.0 Å². The summed E-state index contributed by atoms with van der Waals surface area (Å²) in [6, 6.07) is 16.2. The lowest BCUT2D eigenvalue weighted by Crippen LogP contribution is -2.49. The summed E-state index contributed by atoms with van der Waals surface area (Å²) in [5, 5.41) is 10.9. The monoisotopic (exact) mass is 472 g/mol. The van der Waals surface area contributed by atoms with Gasteiger partial charge in [-0.2, -0.15) is 0 Å². The van der Waals surface area contributed by atoms with Gasteiger partial charge in [-0.15, -0.1) is 16.8 Å². The van der Waals surface area contributed by atoms with E-state index in [1.165, 1.54) is 0 Å². The maximum atomic E-state index is 13.4. The molecule has 2 aromatic carbocycles. The lowest BCUT2D eigenvalue weighted by molar-refractivity contribution is 0.0645. The molecule has 8 nitrogen and oxygen atoms in total. The minimum Gasteiger partial charge on any atom is -0.497 e. The van der Waals surface area contributed by atoms with Crippen molar-refractivity contribution < 1.29 is 9.53 Å². The summed E-state index contributed by atoms with van der Waals surface area (Å²) < 4.78 is 5.38. The number of fused-ring (bicyclic) bond motifs is 1. The van der Waals surface area contributed by atoms with Crippen molar-refractivity contribution in [1.29, 1.82) is 0 Å². The van der Waals surface area contributed by atoms with Crippen LogP contribution in [0.25, 0.3) is 10.8 Å². The number of aromatic nitrogens is 2. The van der Waals surface area contributed by atoms with Gasteiger partial charge in [-0.1, -0.05) is 36.4 Å². The summed E-state index contributed by atoms with van der Waals surface area (Å²) in [6.45, 7) is 11.1. The first kappa shape index (κ1) is 23.1. The van der Waals surface area contributed by atoms with E-state index in [9.17, 15) is 4.79 Å². The van der Waals surface area contributed by atoms with Crippen LogP contribution in [0.3, 0.4) is 0 Å². The molecule has 2 saturated heterocycles. The fourth-order valence-electron chi connectivity index (χ4n) is 4.93. The second kappa shape index (κ2) is 10.3. The Kier molecular flexibility index (Phi) is 6.81. The zero-order valence-electron chi connectivity index (χ0n) is 20.3. The standard InChI is InChI=1S/C27H32N6O2/c1-3-11-30-12-14-33(15-13-30)27(34)25-23-9-4-5-10-24(23)26(29-28-25)32-18-16-31(17-19-32)21-7-6-8-22(20-21)35-2/h3-10,20H,1,11-19H2,2H3. The van der Waals surface area contributed by atoms with Crippen LogP contribution in [0.15, 0.2) is 61.2 Å². The van der Waals surface area contributed by atoms with E-state index >= 15 is 0 Å². The molecule has 0 atom stereocenters. The summed E-state index contributed by atoms with van der Waals surface area (Å²) in [7, 11) is 1.69. The summed E-state index contributed by atoms with van der Waals surface area (Å²) in [6.07, 6.45) is 1.91. The van der Waals surface area contributed by atoms with E-state index in [1.807, 2.05) is 47.4 Å². The number of hydrogen-bond acceptors (Lipinski definition) is 7. The van der Waals surface area contributed by atoms with E-state index in [2.05, 4.69) is 43.6 Å². The molecule has 1 aromatic heterocycles. The average molecular weight is 473 g/mol. The van der Waals surface area contributed by atoms with Crippen molar-refractivity contribution in [3.8, 4) is 5.75 Å². The normalized spacial score (nSPS) is 17.0. The Labute approximate surface area is 206 Å². The van der Waals surface area contributed by atoms with Crippen LogP contribution < -0.4 is 14.5 Å². The number of nitrogens with zero attached hydrogens (tertiary/aromatic N) is 6. The van der Waals surface area contributed by atoms with Gasteiger partial charge in [0.2, 0.25) is 0 Å². The van der Waals surface area contributed by atoms with Crippen LogP contribution >= 0.6 is 0 Å². The molecule has 0 bridgehead atoms. The molecule has 0 unspecified atom stereocenters. The minimum absolute atomic E-state index is 0.0404. The van der Waals surface area contributed by atoms with E-state index in [0.29, 0.717) is 18.8 Å². The number of ether oxygens (including phenoxy) is 1. The van der Waals surface area contributed by atoms with Gasteiger partial charge in [0.15, 0.2) is 11.5 Å². The van der Waals surface area contributed by atoms with Crippen molar-refractivity contribution in [2.24, 2.45) is 0 Å². The van der Waals surface area contributed by atoms with Crippen molar-refractivity contribution in [2.75, 3.05) is 75.8 Å². The van der Waals surface area contributed by atoms with Crippen molar-refractivity contribution in [1.82, 2.24) is 20.0 Å². The molecule has 1 amide bonds. The number of hydrogen-bond donors (Lipinski definition) is 0. The van der Waals surface area contributed by atoms with Crippen LogP contribution in [0.1, 0.15) is 10.5 Å². The highest BCUT2D eigenvalue weighted by atomic mass is 16.5. The van der Waals surface area contributed by atoms with Gasteiger partial charge in [0, 0.05) is 81.4 Å². The second-order valence-corrected chi connectivity index (χ2v) is 8.97. The lowest BCUT2D eigenvalue weighted by atomic mass is 10.1. The molecule has 0 N–H and O–H groups in total. The number of amides is 1. The molecule has 8 heteroatoms. The smallest absolute Gasteiger partial charge is 0.275 e. The van der Waals surface area contributed by atoms with Gasteiger partial charge in [-0.3, -0.25) is 9.69 Å². The third-order valence-electron chi connectivity index (χ3n) is 6.91. The molecular formula is C27H32N6O2. The fourth-order valence-corrected chi connectivity index (χ4v) is 4.93. The van der Waals surface area contributed by atoms with E-state index in [4.69, 9.17) is 4.74 Å². The Balaban J connectivity index is 1.33. The zero-order chi connectivity index (χ0) is 24.2. The number of methoxy groups -OCH3 is 1. The van der Waals surface area contributed by atoms with Gasteiger partial charge in [0.05, 0.1) is 7.11 Å². The van der Waals surface area contributed by atoms with Crippen LogP contribution in [0.4, 0.5) is 11.5 Å². The zero-order valence-corrected chi connectivity index (χ0v) is 20.3. The quantitative estimate of drug-likeness (QED) is 0.511. The highest BCUT2D eigenvalue weighted by molar-refractivity contribution is 6.07. The average Bonchev–Trinajstić information content (AvgIpc) is 2.93. The summed E-state index contributed by atoms with van der Waals surface area (Å²) in [5.74, 6) is 1.67. The molecule has 35 heavy (non-hydrogen) atoms. The first-order valence-corrected chi connectivity index (χ1v) is 12.2. The Hall–Kier alpha value is -3.65. The van der Waals surface area contributed by atoms with Crippen molar-refractivity contribution in [3.05, 3.63) is 66.9 Å². The van der Waals surface area contributed by atoms with Crippen LogP contribution in [0.5, 0.6) is 5.75 Å². The van der Waals surface area contributed by atoms with Crippen molar-refractivity contribution in [3.63, 3.8) is 0 Å². The maximum absolute atomic E-state index is 13.4. The van der Waals surface area contributed by atoms with Gasteiger partial charge < -0.3 is 19.4 Å².